The van der Waals surface area contributed by atoms with Gasteiger partial charge in [0.1, 0.15) is 13.5 Å². The third-order valence-electron chi connectivity index (χ3n) is 1.81. The molecule has 0 aliphatic carbocycles. The quantitative estimate of drug-likeness (QED) is 0.436. The topological polar surface area (TPSA) is 51.0 Å². The van der Waals surface area contributed by atoms with E-state index >= 15 is 0 Å². The highest BCUT2D eigenvalue weighted by molar-refractivity contribution is 4.33. The molecule has 0 aromatic carbocycles. The summed E-state index contributed by atoms with van der Waals surface area (Å²) in [5, 5.41) is 4.05. The fourth-order valence-electron chi connectivity index (χ4n) is 1.02. The van der Waals surface area contributed by atoms with Gasteiger partial charge in [0, 0.05) is 13.2 Å². The third kappa shape index (κ3) is 15.8. The number of nitrogens with zero attached hydrogens (tertiary/aromatic N) is 1. The lowest BCUT2D eigenvalue weighted by Gasteiger charge is -2.06. The average molecular weight is 248 g/mol. The molecule has 0 N–H and O–H groups in total. The van der Waals surface area contributed by atoms with Gasteiger partial charge in [0.2, 0.25) is 0 Å². The van der Waals surface area contributed by atoms with E-state index in [1.54, 1.807) is 0 Å². The summed E-state index contributed by atoms with van der Waals surface area (Å²) in [6, 6.07) is 0. The van der Waals surface area contributed by atoms with E-state index in [0.717, 1.165) is 26.1 Å². The lowest BCUT2D eigenvalue weighted by molar-refractivity contribution is 0.00649. The molecule has 0 heterocycles. The molecular weight excluding hydrogens is 222 g/mol. The molecule has 0 saturated carbocycles. The van der Waals surface area contributed by atoms with Crippen molar-refractivity contribution in [2.75, 3.05) is 53.1 Å². The summed E-state index contributed by atoms with van der Waals surface area (Å²) in [5.74, 6) is 0. The van der Waals surface area contributed by atoms with Gasteiger partial charge in [-0.25, -0.2) is 0 Å². The van der Waals surface area contributed by atoms with Crippen LogP contribution in [0, 0.1) is 0 Å². The van der Waals surface area contributed by atoms with E-state index in [1.807, 2.05) is 0 Å². The minimum Gasteiger partial charge on any atom is -0.379 e. The van der Waals surface area contributed by atoms with Gasteiger partial charge < -0.3 is 18.9 Å². The Balaban J connectivity index is 2.85. The van der Waals surface area contributed by atoms with Gasteiger partial charge >= 0.3 is 0 Å². The van der Waals surface area contributed by atoms with Gasteiger partial charge in [0.15, 0.2) is 0 Å². The van der Waals surface area contributed by atoms with Crippen molar-refractivity contribution in [1.82, 2.24) is 5.32 Å². The van der Waals surface area contributed by atoms with Gasteiger partial charge in [-0.15, -0.1) is 0 Å². The number of hydrogen-bond acceptors (Lipinski definition) is 4. The largest absolute Gasteiger partial charge is 0.379 e. The van der Waals surface area contributed by atoms with Crippen molar-refractivity contribution < 1.29 is 18.9 Å². The molecule has 0 spiro atoms. The molecule has 0 aromatic rings. The van der Waals surface area contributed by atoms with Crippen LogP contribution in [0.1, 0.15) is 26.7 Å². The zero-order valence-corrected chi connectivity index (χ0v) is 11.2. The molecule has 5 nitrogen and oxygen atoms in total. The van der Waals surface area contributed by atoms with Crippen LogP contribution in [0.3, 0.4) is 0 Å². The Morgan fingerprint density at radius 1 is 0.588 bits per heavy atom. The van der Waals surface area contributed by atoms with E-state index in [9.17, 15) is 0 Å². The Hall–Kier alpha value is -0.200. The first-order valence-corrected chi connectivity index (χ1v) is 6.36. The minimum atomic E-state index is 0.366. The standard InChI is InChI=1S/C12H26NO4/c1-3-5-14-7-9-16-11-13-12-17-10-8-15-6-4-2/h3-12H2,1-2H3. The van der Waals surface area contributed by atoms with Crippen LogP contribution >= 0.6 is 0 Å². The fraction of sp³-hybridized carbons (Fsp3) is 1.00. The highest BCUT2D eigenvalue weighted by atomic mass is 16.5. The Morgan fingerprint density at radius 3 is 1.41 bits per heavy atom. The van der Waals surface area contributed by atoms with Gasteiger partial charge in [-0.3, -0.25) is 0 Å². The molecule has 0 fully saturated rings. The first-order valence-electron chi connectivity index (χ1n) is 6.36. The van der Waals surface area contributed by atoms with Crippen molar-refractivity contribution in [3.63, 3.8) is 0 Å². The molecule has 0 saturated heterocycles. The van der Waals surface area contributed by atoms with E-state index in [4.69, 9.17) is 18.9 Å². The van der Waals surface area contributed by atoms with Crippen LogP contribution in [-0.4, -0.2) is 53.1 Å². The molecule has 103 valence electrons. The van der Waals surface area contributed by atoms with Gasteiger partial charge in [0.25, 0.3) is 0 Å². The summed E-state index contributed by atoms with van der Waals surface area (Å²) in [5.41, 5.74) is 0. The van der Waals surface area contributed by atoms with Crippen molar-refractivity contribution in [2.24, 2.45) is 0 Å². The zero-order chi connectivity index (χ0) is 12.6. The third-order valence-corrected chi connectivity index (χ3v) is 1.81. The first-order chi connectivity index (χ1) is 8.41. The summed E-state index contributed by atoms with van der Waals surface area (Å²) >= 11 is 0. The summed E-state index contributed by atoms with van der Waals surface area (Å²) in [6.07, 6.45) is 2.08. The predicted octanol–water partition coefficient (Wildman–Crippen LogP) is 1.39. The van der Waals surface area contributed by atoms with Crippen molar-refractivity contribution in [3.05, 3.63) is 0 Å². The van der Waals surface area contributed by atoms with Gasteiger partial charge in [-0.1, -0.05) is 13.8 Å². The van der Waals surface area contributed by atoms with E-state index in [1.165, 1.54) is 0 Å². The van der Waals surface area contributed by atoms with Gasteiger partial charge in [-0.05, 0) is 12.8 Å². The van der Waals surface area contributed by atoms with Crippen LogP contribution in [0.5, 0.6) is 0 Å². The molecular formula is C12H26NO4. The van der Waals surface area contributed by atoms with E-state index < -0.39 is 0 Å². The SMILES string of the molecule is CCCOCCOC[N]COCCOCCC. The smallest absolute Gasteiger partial charge is 0.115 e. The molecule has 0 rings (SSSR count). The molecule has 0 bridgehead atoms. The maximum atomic E-state index is 5.25. The predicted molar refractivity (Wildman–Crippen MR) is 66.0 cm³/mol. The summed E-state index contributed by atoms with van der Waals surface area (Å²) < 4.78 is 20.9. The summed E-state index contributed by atoms with van der Waals surface area (Å²) in [7, 11) is 0. The van der Waals surface area contributed by atoms with Crippen LogP contribution in [0.4, 0.5) is 0 Å². The number of hydrogen-bond donors (Lipinski definition) is 0. The molecule has 17 heavy (non-hydrogen) atoms. The normalized spacial score (nSPS) is 10.9. The Labute approximate surface area is 105 Å². The monoisotopic (exact) mass is 248 g/mol. The van der Waals surface area contributed by atoms with Crippen molar-refractivity contribution in [1.29, 1.82) is 0 Å². The minimum absolute atomic E-state index is 0.366. The first kappa shape index (κ1) is 16.8. The maximum absolute atomic E-state index is 5.25. The molecule has 0 atom stereocenters. The van der Waals surface area contributed by atoms with Crippen LogP contribution in [-0.2, 0) is 18.9 Å². The van der Waals surface area contributed by atoms with Crippen molar-refractivity contribution in [3.8, 4) is 0 Å². The van der Waals surface area contributed by atoms with Crippen molar-refractivity contribution >= 4 is 0 Å². The highest BCUT2D eigenvalue weighted by Crippen LogP contribution is 1.83. The maximum Gasteiger partial charge on any atom is 0.115 e. The van der Waals surface area contributed by atoms with Gasteiger partial charge in [-0.2, -0.15) is 5.32 Å². The highest BCUT2D eigenvalue weighted by Gasteiger charge is 1.91. The molecule has 0 aromatic heterocycles. The van der Waals surface area contributed by atoms with Crippen molar-refractivity contribution in [2.45, 2.75) is 26.7 Å². The van der Waals surface area contributed by atoms with E-state index in [0.29, 0.717) is 39.9 Å². The molecule has 0 amide bonds. The number of rotatable bonds is 14. The van der Waals surface area contributed by atoms with Crippen LogP contribution in [0.25, 0.3) is 0 Å². The lowest BCUT2D eigenvalue weighted by atomic mass is 10.5. The summed E-state index contributed by atoms with van der Waals surface area (Å²) in [6.45, 7) is 8.92. The second-order valence-corrected chi connectivity index (χ2v) is 3.52. The molecule has 5 heteroatoms. The van der Waals surface area contributed by atoms with Gasteiger partial charge in [0.05, 0.1) is 26.4 Å². The Kier molecular flexibility index (Phi) is 15.6. The zero-order valence-electron chi connectivity index (χ0n) is 11.2. The Morgan fingerprint density at radius 2 is 1.00 bits per heavy atom. The molecule has 1 radical (unpaired) electrons. The molecule has 0 aliphatic heterocycles. The second kappa shape index (κ2) is 15.8. The molecule has 0 aliphatic rings. The fourth-order valence-corrected chi connectivity index (χ4v) is 1.02. The van der Waals surface area contributed by atoms with E-state index in [2.05, 4.69) is 19.2 Å². The Bertz CT molecular complexity index is 122. The van der Waals surface area contributed by atoms with Crippen LogP contribution < -0.4 is 5.32 Å². The van der Waals surface area contributed by atoms with E-state index in [-0.39, 0.29) is 0 Å². The second-order valence-electron chi connectivity index (χ2n) is 3.52. The number of ether oxygens (including phenoxy) is 4. The summed E-state index contributed by atoms with van der Waals surface area (Å²) in [4.78, 5) is 0. The van der Waals surface area contributed by atoms with Crippen LogP contribution in [0.15, 0.2) is 0 Å². The van der Waals surface area contributed by atoms with Crippen LogP contribution in [0.2, 0.25) is 0 Å². The molecule has 0 unspecified atom stereocenters. The average Bonchev–Trinajstić information content (AvgIpc) is 2.35. The lowest BCUT2D eigenvalue weighted by Crippen LogP contribution is -2.17.